The summed E-state index contributed by atoms with van der Waals surface area (Å²) in [5, 5.41) is 0. The largest absolute Gasteiger partial charge is 0.441 e. The number of anilines is 1. The summed E-state index contributed by atoms with van der Waals surface area (Å²) in [4.78, 5) is 13.8. The third kappa shape index (κ3) is 3.61. The fraction of sp³-hybridized carbons (Fsp3) is 0.235. The van der Waals surface area contributed by atoms with Gasteiger partial charge in [0.2, 0.25) is 0 Å². The zero-order chi connectivity index (χ0) is 14.5. The first-order chi connectivity index (χ1) is 10.3. The highest BCUT2D eigenvalue weighted by molar-refractivity contribution is 5.67. The Morgan fingerprint density at radius 1 is 1.00 bits per heavy atom. The summed E-state index contributed by atoms with van der Waals surface area (Å²) in [6.07, 6.45) is 3.75. The lowest BCUT2D eigenvalue weighted by Crippen LogP contribution is -2.36. The fourth-order valence-corrected chi connectivity index (χ4v) is 2.25. The summed E-state index contributed by atoms with van der Waals surface area (Å²) in [7, 11) is 0. The Balaban J connectivity index is 1.84. The highest BCUT2D eigenvalue weighted by Gasteiger charge is 2.14. The van der Waals surface area contributed by atoms with Gasteiger partial charge in [-0.1, -0.05) is 36.4 Å². The maximum Gasteiger partial charge on any atom is 0.200 e. The van der Waals surface area contributed by atoms with Crippen LogP contribution in [-0.4, -0.2) is 26.3 Å². The van der Waals surface area contributed by atoms with Gasteiger partial charge in [0.25, 0.3) is 0 Å². The van der Waals surface area contributed by atoms with Crippen molar-refractivity contribution in [1.29, 1.82) is 0 Å². The van der Waals surface area contributed by atoms with Gasteiger partial charge in [-0.25, -0.2) is 0 Å². The normalized spacial score (nSPS) is 15.5. The molecule has 0 radical (unpaired) electrons. The standard InChI is InChI=1S/C17H17NO3/c19-15-12-16(7-6-14-4-2-1-3-5-14)21-17(13-15)18-8-10-20-11-9-18/h1-7,12-13H,8-11H2/b7-6+. The molecule has 108 valence electrons. The van der Waals surface area contributed by atoms with E-state index in [9.17, 15) is 4.79 Å². The minimum absolute atomic E-state index is 0.0459. The molecule has 0 N–H and O–H groups in total. The molecule has 1 aliphatic rings. The Labute approximate surface area is 123 Å². The Morgan fingerprint density at radius 3 is 2.52 bits per heavy atom. The Morgan fingerprint density at radius 2 is 1.76 bits per heavy atom. The summed E-state index contributed by atoms with van der Waals surface area (Å²) >= 11 is 0. The molecule has 0 atom stereocenters. The summed E-state index contributed by atoms with van der Waals surface area (Å²) in [5.74, 6) is 1.17. The first-order valence-corrected chi connectivity index (χ1v) is 7.02. The Bertz CT molecular complexity index is 670. The van der Waals surface area contributed by atoms with Crippen LogP contribution in [0.4, 0.5) is 5.88 Å². The van der Waals surface area contributed by atoms with Crippen molar-refractivity contribution in [3.63, 3.8) is 0 Å². The first-order valence-electron chi connectivity index (χ1n) is 7.02. The molecule has 2 heterocycles. The van der Waals surface area contributed by atoms with Crippen molar-refractivity contribution in [3.8, 4) is 0 Å². The smallest absolute Gasteiger partial charge is 0.200 e. The molecule has 1 aromatic carbocycles. The third-order valence-corrected chi connectivity index (χ3v) is 3.34. The predicted octanol–water partition coefficient (Wildman–Crippen LogP) is 2.65. The minimum atomic E-state index is -0.0459. The van der Waals surface area contributed by atoms with Crippen LogP contribution in [0.25, 0.3) is 12.2 Å². The maximum atomic E-state index is 11.8. The molecule has 2 aromatic rings. The van der Waals surface area contributed by atoms with Crippen LogP contribution < -0.4 is 10.3 Å². The van der Waals surface area contributed by atoms with Crippen LogP contribution in [0.1, 0.15) is 11.3 Å². The molecule has 1 saturated heterocycles. The van der Waals surface area contributed by atoms with E-state index in [-0.39, 0.29) is 5.43 Å². The second-order valence-corrected chi connectivity index (χ2v) is 4.88. The number of morpholine rings is 1. The fourth-order valence-electron chi connectivity index (χ4n) is 2.25. The van der Waals surface area contributed by atoms with Crippen LogP contribution in [0, 0.1) is 0 Å². The van der Waals surface area contributed by atoms with Crippen LogP contribution in [-0.2, 0) is 4.74 Å². The SMILES string of the molecule is O=c1cc(/C=C/c2ccccc2)oc(N2CCOCC2)c1. The highest BCUT2D eigenvalue weighted by atomic mass is 16.5. The number of hydrogen-bond donors (Lipinski definition) is 0. The molecule has 0 unspecified atom stereocenters. The number of hydrogen-bond acceptors (Lipinski definition) is 4. The van der Waals surface area contributed by atoms with Gasteiger partial charge in [-0.2, -0.15) is 0 Å². The molecule has 4 nitrogen and oxygen atoms in total. The van der Waals surface area contributed by atoms with Gasteiger partial charge >= 0.3 is 0 Å². The molecule has 0 aliphatic carbocycles. The molecule has 0 bridgehead atoms. The van der Waals surface area contributed by atoms with Crippen molar-refractivity contribution in [2.45, 2.75) is 0 Å². The summed E-state index contributed by atoms with van der Waals surface area (Å²) in [6, 6.07) is 13.0. The zero-order valence-electron chi connectivity index (χ0n) is 11.7. The Kier molecular flexibility index (Phi) is 4.17. The lowest BCUT2D eigenvalue weighted by molar-refractivity contribution is 0.120. The van der Waals surface area contributed by atoms with E-state index in [0.717, 1.165) is 18.7 Å². The van der Waals surface area contributed by atoms with Gasteiger partial charge in [0.05, 0.1) is 13.2 Å². The first kappa shape index (κ1) is 13.6. The number of benzene rings is 1. The topological polar surface area (TPSA) is 42.7 Å². The molecular weight excluding hydrogens is 266 g/mol. The van der Waals surface area contributed by atoms with Crippen LogP contribution >= 0.6 is 0 Å². The van der Waals surface area contributed by atoms with E-state index in [1.807, 2.05) is 47.4 Å². The van der Waals surface area contributed by atoms with Gasteiger partial charge in [0.15, 0.2) is 11.3 Å². The van der Waals surface area contributed by atoms with Gasteiger partial charge in [-0.15, -0.1) is 0 Å². The van der Waals surface area contributed by atoms with E-state index in [1.54, 1.807) is 0 Å². The molecule has 0 amide bonds. The lowest BCUT2D eigenvalue weighted by Gasteiger charge is -2.27. The molecule has 0 spiro atoms. The zero-order valence-corrected chi connectivity index (χ0v) is 11.7. The Hall–Kier alpha value is -2.33. The average molecular weight is 283 g/mol. The van der Waals surface area contributed by atoms with Crippen molar-refractivity contribution in [1.82, 2.24) is 0 Å². The van der Waals surface area contributed by atoms with Crippen LogP contribution in [0.15, 0.2) is 51.7 Å². The van der Waals surface area contributed by atoms with Crippen molar-refractivity contribution in [2.75, 3.05) is 31.2 Å². The van der Waals surface area contributed by atoms with Gasteiger partial charge in [0.1, 0.15) is 5.76 Å². The molecule has 1 fully saturated rings. The second-order valence-electron chi connectivity index (χ2n) is 4.88. The molecule has 1 aromatic heterocycles. The minimum Gasteiger partial charge on any atom is -0.441 e. The molecular formula is C17H17NO3. The van der Waals surface area contributed by atoms with Crippen molar-refractivity contribution in [2.24, 2.45) is 0 Å². The monoisotopic (exact) mass is 283 g/mol. The molecule has 1 aliphatic heterocycles. The van der Waals surface area contributed by atoms with E-state index in [0.29, 0.717) is 24.9 Å². The number of rotatable bonds is 3. The van der Waals surface area contributed by atoms with E-state index >= 15 is 0 Å². The molecule has 21 heavy (non-hydrogen) atoms. The van der Waals surface area contributed by atoms with Gasteiger partial charge < -0.3 is 14.1 Å². The van der Waals surface area contributed by atoms with E-state index in [2.05, 4.69) is 0 Å². The predicted molar refractivity (Wildman–Crippen MR) is 83.4 cm³/mol. The van der Waals surface area contributed by atoms with Crippen LogP contribution in [0.5, 0.6) is 0 Å². The quantitative estimate of drug-likeness (QED) is 0.868. The second kappa shape index (κ2) is 6.41. The van der Waals surface area contributed by atoms with Crippen molar-refractivity contribution >= 4 is 18.0 Å². The van der Waals surface area contributed by atoms with Crippen molar-refractivity contribution < 1.29 is 9.15 Å². The van der Waals surface area contributed by atoms with E-state index < -0.39 is 0 Å². The van der Waals surface area contributed by atoms with Crippen LogP contribution in [0.2, 0.25) is 0 Å². The molecule has 0 saturated carbocycles. The average Bonchev–Trinajstić information content (AvgIpc) is 2.54. The number of nitrogens with zero attached hydrogens (tertiary/aromatic N) is 1. The van der Waals surface area contributed by atoms with Gasteiger partial charge in [0, 0.05) is 25.2 Å². The molecule has 3 rings (SSSR count). The van der Waals surface area contributed by atoms with E-state index in [1.165, 1.54) is 12.1 Å². The molecule has 4 heteroatoms. The third-order valence-electron chi connectivity index (χ3n) is 3.34. The summed E-state index contributed by atoms with van der Waals surface area (Å²) < 4.78 is 11.1. The van der Waals surface area contributed by atoms with E-state index in [4.69, 9.17) is 9.15 Å². The van der Waals surface area contributed by atoms with Crippen molar-refractivity contribution in [3.05, 3.63) is 64.0 Å². The summed E-state index contributed by atoms with van der Waals surface area (Å²) in [6.45, 7) is 2.81. The van der Waals surface area contributed by atoms with Gasteiger partial charge in [-0.05, 0) is 11.6 Å². The highest BCUT2D eigenvalue weighted by Crippen LogP contribution is 2.17. The summed E-state index contributed by atoms with van der Waals surface area (Å²) in [5.41, 5.74) is 1.02. The maximum absolute atomic E-state index is 11.8. The lowest BCUT2D eigenvalue weighted by atomic mass is 10.2. The number of ether oxygens (including phenoxy) is 1. The van der Waals surface area contributed by atoms with Gasteiger partial charge in [-0.3, -0.25) is 4.79 Å². The van der Waals surface area contributed by atoms with Crippen LogP contribution in [0.3, 0.4) is 0 Å².